The van der Waals surface area contributed by atoms with E-state index in [-0.39, 0.29) is 11.9 Å². The topological polar surface area (TPSA) is 45.2 Å². The van der Waals surface area contributed by atoms with Crippen molar-refractivity contribution >= 4 is 16.8 Å². The Hall–Kier alpha value is -2.72. The average Bonchev–Trinajstić information content (AvgIpc) is 2.77. The highest BCUT2D eigenvalue weighted by atomic mass is 16.1. The van der Waals surface area contributed by atoms with Crippen molar-refractivity contribution in [2.24, 2.45) is 0 Å². The molecule has 0 saturated carbocycles. The van der Waals surface area contributed by atoms with Gasteiger partial charge in [0.15, 0.2) is 0 Å². The second-order valence-corrected chi connectivity index (χ2v) is 7.46. The summed E-state index contributed by atoms with van der Waals surface area (Å²) in [6, 6.07) is 21.8. The van der Waals surface area contributed by atoms with Gasteiger partial charge in [0, 0.05) is 11.9 Å². The summed E-state index contributed by atoms with van der Waals surface area (Å²) in [5.41, 5.74) is 2.44. The third kappa shape index (κ3) is 5.88. The Morgan fingerprint density at radius 3 is 2.31 bits per heavy atom. The lowest BCUT2D eigenvalue weighted by Gasteiger charge is -2.25. The molecular formula is C25H31N3O. The summed E-state index contributed by atoms with van der Waals surface area (Å²) in [4.78, 5) is 20.0. The van der Waals surface area contributed by atoms with E-state index in [0.29, 0.717) is 5.69 Å². The maximum atomic E-state index is 13.0. The molecule has 1 unspecified atom stereocenters. The fourth-order valence-electron chi connectivity index (χ4n) is 3.71. The highest BCUT2D eigenvalue weighted by molar-refractivity contribution is 5.95. The van der Waals surface area contributed by atoms with E-state index in [1.54, 1.807) is 6.07 Å². The Kier molecular flexibility index (Phi) is 7.77. The number of nitrogens with one attached hydrogen (secondary N) is 1. The molecule has 3 rings (SSSR count). The first-order valence-corrected chi connectivity index (χ1v) is 10.6. The molecule has 0 bridgehead atoms. The number of fused-ring (bicyclic) bond motifs is 1. The second-order valence-electron chi connectivity index (χ2n) is 7.46. The summed E-state index contributed by atoms with van der Waals surface area (Å²) in [5, 5.41) is 4.27. The predicted molar refractivity (Wildman–Crippen MR) is 120 cm³/mol. The van der Waals surface area contributed by atoms with Crippen LogP contribution in [0.3, 0.4) is 0 Å². The minimum Gasteiger partial charge on any atom is -0.344 e. The minimum atomic E-state index is -0.123. The molecule has 0 fully saturated rings. The van der Waals surface area contributed by atoms with E-state index < -0.39 is 0 Å². The quantitative estimate of drug-likeness (QED) is 0.517. The summed E-state index contributed by atoms with van der Waals surface area (Å²) >= 11 is 0. The van der Waals surface area contributed by atoms with Gasteiger partial charge < -0.3 is 10.2 Å². The van der Waals surface area contributed by atoms with Crippen LogP contribution in [0, 0.1) is 0 Å². The Bertz CT molecular complexity index is 904. The molecule has 0 aliphatic heterocycles. The maximum absolute atomic E-state index is 13.0. The normalized spacial score (nSPS) is 12.2. The largest absolute Gasteiger partial charge is 0.344 e. The number of hydrogen-bond donors (Lipinski definition) is 1. The second kappa shape index (κ2) is 10.7. The molecule has 1 amide bonds. The molecule has 0 saturated heterocycles. The SMILES string of the molecule is CCCN(CCC)CCC(NC(=O)c1ccc2ccccc2n1)c1ccccc1. The van der Waals surface area contributed by atoms with E-state index >= 15 is 0 Å². The molecule has 3 aromatic rings. The lowest BCUT2D eigenvalue weighted by Crippen LogP contribution is -2.33. The number of nitrogens with zero attached hydrogens (tertiary/aromatic N) is 2. The monoisotopic (exact) mass is 389 g/mol. The van der Waals surface area contributed by atoms with Crippen molar-refractivity contribution in [2.45, 2.75) is 39.2 Å². The molecule has 0 radical (unpaired) electrons. The molecule has 4 nitrogen and oxygen atoms in total. The van der Waals surface area contributed by atoms with E-state index in [1.165, 1.54) is 0 Å². The lowest BCUT2D eigenvalue weighted by molar-refractivity contribution is 0.0926. The lowest BCUT2D eigenvalue weighted by atomic mass is 10.0. The van der Waals surface area contributed by atoms with E-state index in [0.717, 1.165) is 55.4 Å². The van der Waals surface area contributed by atoms with Gasteiger partial charge >= 0.3 is 0 Å². The number of pyridine rings is 1. The van der Waals surface area contributed by atoms with Gasteiger partial charge in [-0.3, -0.25) is 4.79 Å². The first kappa shape index (κ1) is 21.0. The zero-order chi connectivity index (χ0) is 20.5. The van der Waals surface area contributed by atoms with E-state index in [4.69, 9.17) is 0 Å². The number of rotatable bonds is 10. The van der Waals surface area contributed by atoms with Crippen LogP contribution in [-0.4, -0.2) is 35.4 Å². The van der Waals surface area contributed by atoms with Crippen molar-refractivity contribution in [3.05, 3.63) is 78.0 Å². The van der Waals surface area contributed by atoms with E-state index in [9.17, 15) is 4.79 Å². The van der Waals surface area contributed by atoms with Crippen LogP contribution in [-0.2, 0) is 0 Å². The van der Waals surface area contributed by atoms with Crippen LogP contribution in [0.2, 0.25) is 0 Å². The molecule has 1 heterocycles. The van der Waals surface area contributed by atoms with Crippen molar-refractivity contribution < 1.29 is 4.79 Å². The van der Waals surface area contributed by atoms with Crippen molar-refractivity contribution in [3.8, 4) is 0 Å². The summed E-state index contributed by atoms with van der Waals surface area (Å²) in [6.07, 6.45) is 3.16. The van der Waals surface area contributed by atoms with Crippen LogP contribution >= 0.6 is 0 Å². The summed E-state index contributed by atoms with van der Waals surface area (Å²) in [6.45, 7) is 7.58. The third-order valence-electron chi connectivity index (χ3n) is 5.15. The number of benzene rings is 2. The van der Waals surface area contributed by atoms with Crippen LogP contribution in [0.5, 0.6) is 0 Å². The molecule has 1 N–H and O–H groups in total. The van der Waals surface area contributed by atoms with Crippen molar-refractivity contribution in [1.29, 1.82) is 0 Å². The number of amides is 1. The summed E-state index contributed by atoms with van der Waals surface area (Å²) in [7, 11) is 0. The van der Waals surface area contributed by atoms with Crippen molar-refractivity contribution in [3.63, 3.8) is 0 Å². The molecule has 1 atom stereocenters. The first-order chi connectivity index (χ1) is 14.2. The number of aromatic nitrogens is 1. The third-order valence-corrected chi connectivity index (χ3v) is 5.15. The van der Waals surface area contributed by atoms with Crippen LogP contribution in [0.4, 0.5) is 0 Å². The van der Waals surface area contributed by atoms with Gasteiger partial charge in [-0.1, -0.05) is 68.4 Å². The highest BCUT2D eigenvalue weighted by Gasteiger charge is 2.18. The average molecular weight is 390 g/mol. The van der Waals surface area contributed by atoms with Gasteiger partial charge in [-0.2, -0.15) is 0 Å². The van der Waals surface area contributed by atoms with Gasteiger partial charge in [0.1, 0.15) is 5.69 Å². The molecule has 0 aliphatic rings. The van der Waals surface area contributed by atoms with Crippen LogP contribution in [0.15, 0.2) is 66.7 Å². The van der Waals surface area contributed by atoms with Crippen molar-refractivity contribution in [2.75, 3.05) is 19.6 Å². The molecule has 0 spiro atoms. The molecule has 2 aromatic carbocycles. The Morgan fingerprint density at radius 1 is 0.897 bits per heavy atom. The number of carbonyl (C=O) groups is 1. The van der Waals surface area contributed by atoms with Crippen LogP contribution < -0.4 is 5.32 Å². The molecule has 152 valence electrons. The number of hydrogen-bond acceptors (Lipinski definition) is 3. The Labute approximate surface area is 174 Å². The molecule has 1 aromatic heterocycles. The molecule has 29 heavy (non-hydrogen) atoms. The van der Waals surface area contributed by atoms with E-state index in [2.05, 4.69) is 41.2 Å². The van der Waals surface area contributed by atoms with Gasteiger partial charge in [0.2, 0.25) is 0 Å². The molecule has 0 aliphatic carbocycles. The summed E-state index contributed by atoms with van der Waals surface area (Å²) in [5.74, 6) is -0.123. The van der Waals surface area contributed by atoms with Crippen LogP contribution in [0.25, 0.3) is 10.9 Å². The fraction of sp³-hybridized carbons (Fsp3) is 0.360. The van der Waals surface area contributed by atoms with Crippen molar-refractivity contribution in [1.82, 2.24) is 15.2 Å². The standard InChI is InChI=1S/C25H31N3O/c1-3-17-28(18-4-2)19-16-23(20-10-6-5-7-11-20)27-25(29)24-15-14-21-12-8-9-13-22(21)26-24/h5-15,23H,3-4,16-19H2,1-2H3,(H,27,29). The van der Waals surface area contributed by atoms with Gasteiger partial charge in [-0.15, -0.1) is 0 Å². The smallest absolute Gasteiger partial charge is 0.270 e. The fourth-order valence-corrected chi connectivity index (χ4v) is 3.71. The van der Waals surface area contributed by atoms with Gasteiger partial charge in [-0.05, 0) is 50.0 Å². The molecular weight excluding hydrogens is 358 g/mol. The zero-order valence-electron chi connectivity index (χ0n) is 17.5. The zero-order valence-corrected chi connectivity index (χ0v) is 17.5. The van der Waals surface area contributed by atoms with Crippen LogP contribution in [0.1, 0.15) is 55.2 Å². The predicted octanol–water partition coefficient (Wildman–Crippen LogP) is 5.22. The highest BCUT2D eigenvalue weighted by Crippen LogP contribution is 2.19. The van der Waals surface area contributed by atoms with Gasteiger partial charge in [-0.25, -0.2) is 4.98 Å². The van der Waals surface area contributed by atoms with E-state index in [1.807, 2.05) is 48.5 Å². The Balaban J connectivity index is 1.75. The van der Waals surface area contributed by atoms with Gasteiger partial charge in [0.05, 0.1) is 11.6 Å². The first-order valence-electron chi connectivity index (χ1n) is 10.6. The Morgan fingerprint density at radius 2 is 1.59 bits per heavy atom. The minimum absolute atomic E-state index is 0.0341. The summed E-state index contributed by atoms with van der Waals surface area (Å²) < 4.78 is 0. The van der Waals surface area contributed by atoms with Gasteiger partial charge in [0.25, 0.3) is 5.91 Å². The maximum Gasteiger partial charge on any atom is 0.270 e. The molecule has 4 heteroatoms. The number of para-hydroxylation sites is 1. The number of carbonyl (C=O) groups excluding carboxylic acids is 1.